The molecule has 21 heavy (non-hydrogen) atoms. The van der Waals surface area contributed by atoms with Gasteiger partial charge in [0.1, 0.15) is 5.82 Å². The third-order valence-electron chi connectivity index (χ3n) is 2.77. The maximum Gasteiger partial charge on any atom is 0.272 e. The number of nitro groups is 1. The second kappa shape index (κ2) is 6.32. The van der Waals surface area contributed by atoms with Crippen molar-refractivity contribution >= 4 is 28.9 Å². The van der Waals surface area contributed by atoms with E-state index in [2.05, 4.69) is 5.32 Å². The van der Waals surface area contributed by atoms with Crippen molar-refractivity contribution in [2.24, 2.45) is 0 Å². The number of hydrogen-bond acceptors (Lipinski definition) is 3. The van der Waals surface area contributed by atoms with Crippen LogP contribution in [0.2, 0.25) is 0 Å². The Bertz CT molecular complexity index is 689. The van der Waals surface area contributed by atoms with E-state index in [4.69, 9.17) is 11.6 Å². The summed E-state index contributed by atoms with van der Waals surface area (Å²) in [5.41, 5.74) is 0.695. The smallest absolute Gasteiger partial charge is 0.272 e. The van der Waals surface area contributed by atoms with Crippen molar-refractivity contribution < 1.29 is 14.1 Å². The van der Waals surface area contributed by atoms with E-state index in [0.29, 0.717) is 17.6 Å². The fourth-order valence-corrected chi connectivity index (χ4v) is 1.86. The van der Waals surface area contributed by atoms with Crippen molar-refractivity contribution in [2.45, 2.75) is 5.88 Å². The molecule has 0 spiro atoms. The lowest BCUT2D eigenvalue weighted by atomic mass is 10.1. The number of hydrogen-bond donors (Lipinski definition) is 1. The summed E-state index contributed by atoms with van der Waals surface area (Å²) in [5.74, 6) is -1.27. The molecule has 0 saturated heterocycles. The summed E-state index contributed by atoms with van der Waals surface area (Å²) in [6.45, 7) is 0. The van der Waals surface area contributed by atoms with Crippen LogP contribution in [0.1, 0.15) is 15.9 Å². The van der Waals surface area contributed by atoms with E-state index >= 15 is 0 Å². The molecule has 0 radical (unpaired) electrons. The Morgan fingerprint density at radius 3 is 2.43 bits per heavy atom. The van der Waals surface area contributed by atoms with Crippen LogP contribution in [-0.2, 0) is 5.88 Å². The van der Waals surface area contributed by atoms with Crippen LogP contribution in [0, 0.1) is 15.9 Å². The number of nitro benzene ring substituents is 1. The monoisotopic (exact) mass is 308 g/mol. The highest BCUT2D eigenvalue weighted by molar-refractivity contribution is 6.17. The van der Waals surface area contributed by atoms with E-state index in [1.165, 1.54) is 0 Å². The molecule has 0 unspecified atom stereocenters. The van der Waals surface area contributed by atoms with Crippen LogP contribution in [0.5, 0.6) is 0 Å². The number of nitrogens with one attached hydrogen (secondary N) is 1. The van der Waals surface area contributed by atoms with E-state index in [9.17, 15) is 19.3 Å². The lowest BCUT2D eigenvalue weighted by Gasteiger charge is -2.06. The molecule has 0 bridgehead atoms. The number of carbonyl (C=O) groups is 1. The van der Waals surface area contributed by atoms with Crippen LogP contribution in [0.25, 0.3) is 0 Å². The van der Waals surface area contributed by atoms with Crippen LogP contribution < -0.4 is 5.32 Å². The van der Waals surface area contributed by atoms with E-state index < -0.39 is 22.3 Å². The fraction of sp³-hybridized carbons (Fsp3) is 0.0714. The average molecular weight is 309 g/mol. The number of amides is 1. The number of carbonyl (C=O) groups excluding carboxylic acids is 1. The third kappa shape index (κ3) is 3.55. The first kappa shape index (κ1) is 14.9. The van der Waals surface area contributed by atoms with Crippen molar-refractivity contribution in [1.29, 1.82) is 0 Å². The number of anilines is 1. The molecule has 0 fully saturated rings. The highest BCUT2D eigenvalue weighted by Gasteiger charge is 2.16. The van der Waals surface area contributed by atoms with Crippen LogP contribution >= 0.6 is 11.6 Å². The summed E-state index contributed by atoms with van der Waals surface area (Å²) in [4.78, 5) is 21.7. The van der Waals surface area contributed by atoms with E-state index in [1.54, 1.807) is 24.3 Å². The Labute approximate surface area is 124 Å². The van der Waals surface area contributed by atoms with Crippen LogP contribution in [0.4, 0.5) is 15.8 Å². The molecule has 2 rings (SSSR count). The second-order valence-corrected chi connectivity index (χ2v) is 4.47. The summed E-state index contributed by atoms with van der Waals surface area (Å²) >= 11 is 5.65. The molecular formula is C14H10ClFN2O3. The zero-order valence-corrected chi connectivity index (χ0v) is 11.4. The molecule has 0 aliphatic heterocycles. The number of rotatable bonds is 4. The van der Waals surface area contributed by atoms with Crippen molar-refractivity contribution in [3.05, 3.63) is 69.5 Å². The normalized spacial score (nSPS) is 10.2. The fourth-order valence-electron chi connectivity index (χ4n) is 1.68. The average Bonchev–Trinajstić information content (AvgIpc) is 2.47. The Kier molecular flexibility index (Phi) is 4.49. The highest BCUT2D eigenvalue weighted by atomic mass is 35.5. The Hall–Kier alpha value is -2.47. The van der Waals surface area contributed by atoms with Gasteiger partial charge in [0.2, 0.25) is 0 Å². The first-order chi connectivity index (χ1) is 10.0. The molecule has 5 nitrogen and oxygen atoms in total. The van der Waals surface area contributed by atoms with Crippen LogP contribution in [0.3, 0.4) is 0 Å². The molecule has 0 saturated carbocycles. The van der Waals surface area contributed by atoms with E-state index in [-0.39, 0.29) is 5.56 Å². The number of nitrogens with zero attached hydrogens (tertiary/aromatic N) is 1. The lowest BCUT2D eigenvalue weighted by Crippen LogP contribution is -2.13. The van der Waals surface area contributed by atoms with Gasteiger partial charge in [-0.05, 0) is 23.8 Å². The second-order valence-electron chi connectivity index (χ2n) is 4.21. The molecule has 1 amide bonds. The summed E-state index contributed by atoms with van der Waals surface area (Å²) in [6.07, 6.45) is 0. The number of alkyl halides is 1. The predicted octanol–water partition coefficient (Wildman–Crippen LogP) is 3.73. The minimum Gasteiger partial charge on any atom is -0.322 e. The zero-order valence-electron chi connectivity index (χ0n) is 10.7. The maximum atomic E-state index is 13.7. The van der Waals surface area contributed by atoms with E-state index in [0.717, 1.165) is 17.7 Å². The van der Waals surface area contributed by atoms with Gasteiger partial charge in [-0.2, -0.15) is 0 Å². The Morgan fingerprint density at radius 2 is 1.90 bits per heavy atom. The Balaban J connectivity index is 2.17. The van der Waals surface area contributed by atoms with Gasteiger partial charge in [-0.3, -0.25) is 14.9 Å². The highest BCUT2D eigenvalue weighted by Crippen LogP contribution is 2.18. The van der Waals surface area contributed by atoms with Gasteiger partial charge in [0.25, 0.3) is 11.6 Å². The first-order valence-electron chi connectivity index (χ1n) is 5.91. The number of halogens is 2. The zero-order chi connectivity index (χ0) is 15.4. The molecule has 2 aromatic rings. The van der Waals surface area contributed by atoms with Crippen LogP contribution in [0.15, 0.2) is 42.5 Å². The number of non-ortho nitro benzene ring substituents is 1. The standard InChI is InChI=1S/C14H10ClFN2O3/c15-8-9-1-3-10(4-2-9)17-14(19)12-6-5-11(18(20)21)7-13(12)16/h1-7H,8H2,(H,17,19). The van der Waals surface area contributed by atoms with Crippen LogP contribution in [-0.4, -0.2) is 10.8 Å². The van der Waals surface area contributed by atoms with Gasteiger partial charge < -0.3 is 5.32 Å². The van der Waals surface area contributed by atoms with Crippen molar-refractivity contribution in [1.82, 2.24) is 0 Å². The van der Waals surface area contributed by atoms with Gasteiger partial charge in [-0.25, -0.2) is 4.39 Å². The van der Waals surface area contributed by atoms with Gasteiger partial charge in [0.15, 0.2) is 0 Å². The van der Waals surface area contributed by atoms with Gasteiger partial charge >= 0.3 is 0 Å². The minimum atomic E-state index is -0.945. The molecular weight excluding hydrogens is 299 g/mol. The molecule has 108 valence electrons. The molecule has 7 heteroatoms. The van der Waals surface area contributed by atoms with Gasteiger partial charge in [0, 0.05) is 17.6 Å². The van der Waals surface area contributed by atoms with Gasteiger partial charge in [-0.15, -0.1) is 11.6 Å². The van der Waals surface area contributed by atoms with E-state index in [1.807, 2.05) is 0 Å². The lowest BCUT2D eigenvalue weighted by molar-refractivity contribution is -0.385. The summed E-state index contributed by atoms with van der Waals surface area (Å²) in [7, 11) is 0. The molecule has 0 atom stereocenters. The van der Waals surface area contributed by atoms with Crippen molar-refractivity contribution in [2.75, 3.05) is 5.32 Å². The first-order valence-corrected chi connectivity index (χ1v) is 6.45. The van der Waals surface area contributed by atoms with Crippen molar-refractivity contribution in [3.8, 4) is 0 Å². The Morgan fingerprint density at radius 1 is 1.24 bits per heavy atom. The van der Waals surface area contributed by atoms with Gasteiger partial charge in [-0.1, -0.05) is 12.1 Å². The molecule has 0 aromatic heterocycles. The largest absolute Gasteiger partial charge is 0.322 e. The third-order valence-corrected chi connectivity index (χ3v) is 3.08. The molecule has 0 aliphatic carbocycles. The topological polar surface area (TPSA) is 72.2 Å². The molecule has 2 aromatic carbocycles. The quantitative estimate of drug-likeness (QED) is 0.531. The summed E-state index contributed by atoms with van der Waals surface area (Å²) in [6, 6.07) is 9.61. The predicted molar refractivity (Wildman–Crippen MR) is 77.0 cm³/mol. The molecule has 0 heterocycles. The van der Waals surface area contributed by atoms with Gasteiger partial charge in [0.05, 0.1) is 16.6 Å². The van der Waals surface area contributed by atoms with Crippen molar-refractivity contribution in [3.63, 3.8) is 0 Å². The maximum absolute atomic E-state index is 13.7. The molecule has 1 N–H and O–H groups in total. The summed E-state index contributed by atoms with van der Waals surface area (Å²) < 4.78 is 13.7. The number of benzene rings is 2. The molecule has 0 aliphatic rings. The summed E-state index contributed by atoms with van der Waals surface area (Å²) in [5, 5.41) is 13.0. The SMILES string of the molecule is O=C(Nc1ccc(CCl)cc1)c1ccc([N+](=O)[O-])cc1F. The minimum absolute atomic E-state index is 0.262.